The number of hydrogen-bond donors (Lipinski definition) is 1. The molecular formula is C16H22N4O2S. The second kappa shape index (κ2) is 6.20. The number of thiazole rings is 1. The average Bonchev–Trinajstić information content (AvgIpc) is 3.22. The summed E-state index contributed by atoms with van der Waals surface area (Å²) in [5.74, 6) is -0.155. The first-order valence-electron chi connectivity index (χ1n) is 8.46. The minimum atomic E-state index is -0.460. The molecule has 1 aromatic heterocycles. The van der Waals surface area contributed by atoms with Gasteiger partial charge in [0.25, 0.3) is 0 Å². The quantitative estimate of drug-likeness (QED) is 0.836. The molecule has 1 aliphatic carbocycles. The number of carbonyl (C=O) groups excluding carboxylic acids is 2. The van der Waals surface area contributed by atoms with Crippen LogP contribution in [0.5, 0.6) is 0 Å². The van der Waals surface area contributed by atoms with Crippen LogP contribution in [0.25, 0.3) is 0 Å². The van der Waals surface area contributed by atoms with Crippen molar-refractivity contribution in [2.75, 3.05) is 26.2 Å². The number of fused-ring (bicyclic) bond motifs is 1. The van der Waals surface area contributed by atoms with Crippen molar-refractivity contribution in [3.05, 3.63) is 16.1 Å². The van der Waals surface area contributed by atoms with Crippen molar-refractivity contribution in [3.63, 3.8) is 0 Å². The van der Waals surface area contributed by atoms with Gasteiger partial charge in [-0.15, -0.1) is 11.3 Å². The van der Waals surface area contributed by atoms with Crippen LogP contribution in [-0.2, 0) is 16.1 Å². The smallest absolute Gasteiger partial charge is 0.312 e. The highest BCUT2D eigenvalue weighted by Crippen LogP contribution is 2.36. The van der Waals surface area contributed by atoms with Crippen LogP contribution in [0.3, 0.4) is 0 Å². The number of nitrogens with one attached hydrogen (secondary N) is 1. The Hall–Kier alpha value is -1.47. The maximum Gasteiger partial charge on any atom is 0.312 e. The summed E-state index contributed by atoms with van der Waals surface area (Å²) in [5.41, 5.74) is 0. The predicted octanol–water partition coefficient (Wildman–Crippen LogP) is 0.943. The predicted molar refractivity (Wildman–Crippen MR) is 87.1 cm³/mol. The lowest BCUT2D eigenvalue weighted by Gasteiger charge is -2.43. The van der Waals surface area contributed by atoms with E-state index in [2.05, 4.69) is 15.2 Å². The topological polar surface area (TPSA) is 65.5 Å². The van der Waals surface area contributed by atoms with E-state index in [1.54, 1.807) is 4.90 Å². The van der Waals surface area contributed by atoms with Crippen LogP contribution in [0.1, 0.15) is 41.5 Å². The van der Waals surface area contributed by atoms with Crippen molar-refractivity contribution in [2.45, 2.75) is 44.2 Å². The van der Waals surface area contributed by atoms with Crippen molar-refractivity contribution >= 4 is 23.2 Å². The number of hydrogen-bond acceptors (Lipinski definition) is 5. The van der Waals surface area contributed by atoms with E-state index in [1.165, 1.54) is 35.6 Å². The number of amides is 2. The molecule has 6 nitrogen and oxygen atoms in total. The van der Waals surface area contributed by atoms with E-state index >= 15 is 0 Å². The standard InChI is InChI=1S/C16H22N4O2S/c21-14-16(22)20-6-5-19(9-12(20)7-17-14)10-13-8-18-15(23-13)11-3-1-2-4-11/h8,11-12H,1-7,9-10H2,(H,17,21)/t12-/m0/s1. The van der Waals surface area contributed by atoms with Crippen molar-refractivity contribution in [2.24, 2.45) is 0 Å². The normalized spacial score (nSPS) is 26.4. The molecule has 3 aliphatic rings. The third kappa shape index (κ3) is 2.99. The van der Waals surface area contributed by atoms with Crippen LogP contribution in [-0.4, -0.2) is 58.8 Å². The van der Waals surface area contributed by atoms with Crippen molar-refractivity contribution in [1.29, 1.82) is 0 Å². The lowest BCUT2D eigenvalue weighted by Crippen LogP contribution is -2.65. The molecule has 1 saturated carbocycles. The Morgan fingerprint density at radius 1 is 1.26 bits per heavy atom. The molecular weight excluding hydrogens is 312 g/mol. The Bertz CT molecular complexity index is 611. The summed E-state index contributed by atoms with van der Waals surface area (Å²) in [6.07, 6.45) is 7.27. The van der Waals surface area contributed by atoms with Gasteiger partial charge in [-0.1, -0.05) is 12.8 Å². The van der Waals surface area contributed by atoms with Crippen LogP contribution in [0.4, 0.5) is 0 Å². The first-order valence-corrected chi connectivity index (χ1v) is 9.28. The Balaban J connectivity index is 1.37. The highest BCUT2D eigenvalue weighted by Gasteiger charge is 2.37. The Morgan fingerprint density at radius 3 is 2.91 bits per heavy atom. The van der Waals surface area contributed by atoms with Crippen molar-refractivity contribution in [3.8, 4) is 0 Å². The number of nitrogens with zero attached hydrogens (tertiary/aromatic N) is 3. The van der Waals surface area contributed by atoms with Crippen LogP contribution >= 0.6 is 11.3 Å². The highest BCUT2D eigenvalue weighted by atomic mass is 32.1. The molecule has 7 heteroatoms. The molecule has 23 heavy (non-hydrogen) atoms. The first kappa shape index (κ1) is 15.1. The Morgan fingerprint density at radius 2 is 2.09 bits per heavy atom. The molecule has 0 aromatic carbocycles. The second-order valence-corrected chi connectivity index (χ2v) is 7.89. The fourth-order valence-electron chi connectivity index (χ4n) is 3.90. The van der Waals surface area contributed by atoms with Gasteiger partial charge < -0.3 is 10.2 Å². The lowest BCUT2D eigenvalue weighted by molar-refractivity contribution is -0.152. The SMILES string of the molecule is O=C1NC[C@H]2CN(Cc3cnc(C4CCCC4)s3)CCN2C1=O. The van der Waals surface area contributed by atoms with Gasteiger partial charge in [-0.25, -0.2) is 4.98 Å². The zero-order valence-electron chi connectivity index (χ0n) is 13.2. The van der Waals surface area contributed by atoms with Crippen molar-refractivity contribution in [1.82, 2.24) is 20.1 Å². The summed E-state index contributed by atoms with van der Waals surface area (Å²) < 4.78 is 0. The number of carbonyl (C=O) groups is 2. The van der Waals surface area contributed by atoms with E-state index in [-0.39, 0.29) is 11.9 Å². The van der Waals surface area contributed by atoms with E-state index in [0.717, 1.165) is 19.6 Å². The second-order valence-electron chi connectivity index (χ2n) is 6.74. The van der Waals surface area contributed by atoms with Gasteiger partial charge in [0, 0.05) is 49.7 Å². The van der Waals surface area contributed by atoms with Crippen LogP contribution < -0.4 is 5.32 Å². The summed E-state index contributed by atoms with van der Waals surface area (Å²) in [4.78, 5) is 33.3. The van der Waals surface area contributed by atoms with Gasteiger partial charge in [0.1, 0.15) is 0 Å². The van der Waals surface area contributed by atoms with Crippen LogP contribution in [0.15, 0.2) is 6.20 Å². The molecule has 1 aromatic rings. The molecule has 2 saturated heterocycles. The molecule has 0 spiro atoms. The molecule has 3 heterocycles. The summed E-state index contributed by atoms with van der Waals surface area (Å²) in [6, 6.07) is 0.108. The van der Waals surface area contributed by atoms with E-state index in [0.29, 0.717) is 19.0 Å². The lowest BCUT2D eigenvalue weighted by atomic mass is 10.1. The molecule has 1 N–H and O–H groups in total. The summed E-state index contributed by atoms with van der Waals surface area (Å²) >= 11 is 1.85. The Kier molecular flexibility index (Phi) is 4.07. The largest absolute Gasteiger partial charge is 0.346 e. The number of rotatable bonds is 3. The van der Waals surface area contributed by atoms with Crippen molar-refractivity contribution < 1.29 is 9.59 Å². The summed E-state index contributed by atoms with van der Waals surface area (Å²) in [7, 11) is 0. The molecule has 0 unspecified atom stereocenters. The molecule has 0 bridgehead atoms. The zero-order valence-corrected chi connectivity index (χ0v) is 14.0. The van der Waals surface area contributed by atoms with Gasteiger partial charge in [-0.05, 0) is 12.8 Å². The first-order chi connectivity index (χ1) is 11.2. The molecule has 2 aliphatic heterocycles. The maximum absolute atomic E-state index is 11.9. The van der Waals surface area contributed by atoms with Crippen LogP contribution in [0.2, 0.25) is 0 Å². The third-order valence-electron chi connectivity index (χ3n) is 5.18. The third-order valence-corrected chi connectivity index (χ3v) is 6.32. The summed E-state index contributed by atoms with van der Waals surface area (Å²) in [5, 5.41) is 3.99. The number of aromatic nitrogens is 1. The van der Waals surface area contributed by atoms with Gasteiger partial charge in [0.15, 0.2) is 0 Å². The van der Waals surface area contributed by atoms with Gasteiger partial charge in [-0.3, -0.25) is 14.5 Å². The zero-order chi connectivity index (χ0) is 15.8. The Labute approximate surface area is 139 Å². The van der Waals surface area contributed by atoms with E-state index in [4.69, 9.17) is 0 Å². The highest BCUT2D eigenvalue weighted by molar-refractivity contribution is 7.11. The van der Waals surface area contributed by atoms with E-state index in [9.17, 15) is 9.59 Å². The molecule has 124 valence electrons. The average molecular weight is 334 g/mol. The monoisotopic (exact) mass is 334 g/mol. The minimum Gasteiger partial charge on any atom is -0.346 e. The summed E-state index contributed by atoms with van der Waals surface area (Å²) in [6.45, 7) is 3.76. The molecule has 0 radical (unpaired) electrons. The fraction of sp³-hybridized carbons (Fsp3) is 0.688. The molecule has 1 atom stereocenters. The maximum atomic E-state index is 11.9. The van der Waals surface area contributed by atoms with Gasteiger partial charge >= 0.3 is 11.8 Å². The van der Waals surface area contributed by atoms with Gasteiger partial charge in [-0.2, -0.15) is 0 Å². The minimum absolute atomic E-state index is 0.108. The van der Waals surface area contributed by atoms with Crippen LogP contribution in [0, 0.1) is 0 Å². The molecule has 3 fully saturated rings. The molecule has 2 amide bonds. The van der Waals surface area contributed by atoms with E-state index in [1.807, 2.05) is 17.5 Å². The number of piperazine rings is 2. The fourth-order valence-corrected chi connectivity index (χ4v) is 5.03. The molecule has 4 rings (SSSR count). The van der Waals surface area contributed by atoms with Gasteiger partial charge in [0.05, 0.1) is 11.0 Å². The van der Waals surface area contributed by atoms with Gasteiger partial charge in [0.2, 0.25) is 0 Å². The van der Waals surface area contributed by atoms with E-state index < -0.39 is 5.91 Å².